The van der Waals surface area contributed by atoms with Crippen LogP contribution in [0.3, 0.4) is 0 Å². The third kappa shape index (κ3) is 4.54. The Morgan fingerprint density at radius 1 is 1.36 bits per heavy atom. The van der Waals surface area contributed by atoms with Crippen LogP contribution >= 0.6 is 0 Å². The molecule has 2 unspecified atom stereocenters. The molecule has 2 heterocycles. The molecule has 0 spiro atoms. The van der Waals surface area contributed by atoms with Crippen molar-refractivity contribution in [2.24, 2.45) is 5.73 Å². The maximum atomic E-state index is 12.3. The minimum Gasteiger partial charge on any atom is -0.489 e. The molecular weight excluding hydrogens is 318 g/mol. The molecule has 0 aliphatic carbocycles. The van der Waals surface area contributed by atoms with E-state index < -0.39 is 0 Å². The summed E-state index contributed by atoms with van der Waals surface area (Å²) in [5.74, 6) is 0.612. The summed E-state index contributed by atoms with van der Waals surface area (Å²) in [6.45, 7) is 1.07. The van der Waals surface area contributed by atoms with Crippen molar-refractivity contribution in [2.75, 3.05) is 6.54 Å². The average Bonchev–Trinajstić information content (AvgIpc) is 3.09. The summed E-state index contributed by atoms with van der Waals surface area (Å²) in [4.78, 5) is 16.2. The third-order valence-corrected chi connectivity index (χ3v) is 4.07. The fourth-order valence-electron chi connectivity index (χ4n) is 2.74. The number of carbonyl (C=O) groups excluding carboxylic acids is 1. The van der Waals surface area contributed by atoms with Gasteiger partial charge in [-0.3, -0.25) is 15.2 Å². The summed E-state index contributed by atoms with van der Waals surface area (Å²) in [5.41, 5.74) is 7.12. The van der Waals surface area contributed by atoms with Crippen molar-refractivity contribution >= 4 is 11.7 Å². The number of amides is 1. The third-order valence-electron chi connectivity index (χ3n) is 4.07. The smallest absolute Gasteiger partial charge is 0.237 e. The van der Waals surface area contributed by atoms with Crippen LogP contribution in [0.4, 0.5) is 0 Å². The Hall–Kier alpha value is -2.93. The highest BCUT2D eigenvalue weighted by atomic mass is 16.5. The summed E-state index contributed by atoms with van der Waals surface area (Å²) in [6.07, 6.45) is 3.90. The van der Waals surface area contributed by atoms with E-state index in [1.54, 1.807) is 30.6 Å². The Kier molecular flexibility index (Phi) is 5.25. The van der Waals surface area contributed by atoms with E-state index in [-0.39, 0.29) is 23.9 Å². The Morgan fingerprint density at radius 2 is 2.16 bits per heavy atom. The van der Waals surface area contributed by atoms with Gasteiger partial charge < -0.3 is 21.1 Å². The van der Waals surface area contributed by atoms with Crippen molar-refractivity contribution in [2.45, 2.75) is 25.1 Å². The van der Waals surface area contributed by atoms with Gasteiger partial charge in [0.05, 0.1) is 6.04 Å². The van der Waals surface area contributed by atoms with E-state index in [1.807, 2.05) is 18.2 Å². The first kappa shape index (κ1) is 16.9. The minimum absolute atomic E-state index is 0.00311. The fraction of sp³-hybridized carbons (Fsp3) is 0.278. The number of hydrogen-bond donors (Lipinski definition) is 4. The van der Waals surface area contributed by atoms with E-state index in [1.165, 1.54) is 0 Å². The number of pyridine rings is 1. The Bertz CT molecular complexity index is 750. The molecule has 5 N–H and O–H groups in total. The number of amidine groups is 1. The summed E-state index contributed by atoms with van der Waals surface area (Å²) >= 11 is 0. The van der Waals surface area contributed by atoms with Crippen LogP contribution in [0.5, 0.6) is 5.75 Å². The molecule has 1 aromatic heterocycles. The summed E-state index contributed by atoms with van der Waals surface area (Å²) in [5, 5.41) is 13.6. The molecule has 1 aromatic carbocycles. The predicted molar refractivity (Wildman–Crippen MR) is 94.4 cm³/mol. The number of nitrogen functional groups attached to an aromatic ring is 1. The maximum absolute atomic E-state index is 12.3. The highest BCUT2D eigenvalue weighted by molar-refractivity contribution is 5.95. The van der Waals surface area contributed by atoms with Crippen molar-refractivity contribution in [3.05, 3.63) is 59.9 Å². The maximum Gasteiger partial charge on any atom is 0.237 e. The number of nitrogens with two attached hydrogens (primary N) is 1. The molecule has 1 amide bonds. The van der Waals surface area contributed by atoms with Gasteiger partial charge in [0.2, 0.25) is 5.91 Å². The molecule has 2 aromatic rings. The molecule has 1 fully saturated rings. The molecular formula is C18H21N5O2. The van der Waals surface area contributed by atoms with Crippen molar-refractivity contribution < 1.29 is 9.53 Å². The van der Waals surface area contributed by atoms with Gasteiger partial charge in [-0.05, 0) is 29.8 Å². The summed E-state index contributed by atoms with van der Waals surface area (Å²) in [6, 6.07) is 10.6. The van der Waals surface area contributed by atoms with E-state index in [9.17, 15) is 4.79 Å². The second-order valence-corrected chi connectivity index (χ2v) is 5.95. The highest BCUT2D eigenvalue weighted by Crippen LogP contribution is 2.19. The van der Waals surface area contributed by atoms with E-state index in [2.05, 4.69) is 15.6 Å². The van der Waals surface area contributed by atoms with Gasteiger partial charge in [0.15, 0.2) is 0 Å². The number of nitrogens with zero attached hydrogens (tertiary/aromatic N) is 1. The summed E-state index contributed by atoms with van der Waals surface area (Å²) < 4.78 is 5.91. The second-order valence-electron chi connectivity index (χ2n) is 5.95. The molecule has 3 rings (SSSR count). The van der Waals surface area contributed by atoms with Gasteiger partial charge in [0, 0.05) is 37.5 Å². The predicted octanol–water partition coefficient (Wildman–Crippen LogP) is 0.791. The molecule has 130 valence electrons. The Labute approximate surface area is 146 Å². The minimum atomic E-state index is -0.275. The molecule has 1 aliphatic heterocycles. The van der Waals surface area contributed by atoms with E-state index >= 15 is 0 Å². The number of ether oxygens (including phenoxy) is 1. The van der Waals surface area contributed by atoms with Crippen LogP contribution in [0.25, 0.3) is 0 Å². The molecule has 0 saturated carbocycles. The quantitative estimate of drug-likeness (QED) is 0.459. The van der Waals surface area contributed by atoms with Gasteiger partial charge in [0.25, 0.3) is 0 Å². The lowest BCUT2D eigenvalue weighted by atomic mass is 10.1. The van der Waals surface area contributed by atoms with Crippen LogP contribution in [-0.2, 0) is 11.3 Å². The van der Waals surface area contributed by atoms with E-state index in [0.717, 1.165) is 5.56 Å². The van der Waals surface area contributed by atoms with Gasteiger partial charge in [0.1, 0.15) is 17.7 Å². The molecule has 7 nitrogen and oxygen atoms in total. The zero-order chi connectivity index (χ0) is 17.6. The largest absolute Gasteiger partial charge is 0.489 e. The average molecular weight is 339 g/mol. The number of carbonyl (C=O) groups is 1. The van der Waals surface area contributed by atoms with Crippen molar-refractivity contribution in [3.8, 4) is 5.75 Å². The van der Waals surface area contributed by atoms with Crippen molar-refractivity contribution in [3.63, 3.8) is 0 Å². The van der Waals surface area contributed by atoms with Gasteiger partial charge in [-0.25, -0.2) is 0 Å². The standard InChI is InChI=1S/C18H21N5O2/c19-17(20)13-2-1-3-14(8-13)25-15-9-16(22-11-15)18(24)23-10-12-4-6-21-7-5-12/h1-8,15-16,22H,9-11H2,(H3,19,20)(H,23,24). The normalized spacial score (nSPS) is 19.4. The number of rotatable bonds is 6. The first-order valence-corrected chi connectivity index (χ1v) is 8.13. The zero-order valence-corrected chi connectivity index (χ0v) is 13.7. The molecule has 1 saturated heterocycles. The lowest BCUT2D eigenvalue weighted by Crippen LogP contribution is -2.39. The molecule has 1 aliphatic rings. The Balaban J connectivity index is 1.50. The molecule has 0 radical (unpaired) electrons. The summed E-state index contributed by atoms with van der Waals surface area (Å²) in [7, 11) is 0. The fourth-order valence-corrected chi connectivity index (χ4v) is 2.74. The van der Waals surface area contributed by atoms with Gasteiger partial charge in [-0.15, -0.1) is 0 Å². The molecule has 7 heteroatoms. The monoisotopic (exact) mass is 339 g/mol. The first-order valence-electron chi connectivity index (χ1n) is 8.13. The zero-order valence-electron chi connectivity index (χ0n) is 13.7. The van der Waals surface area contributed by atoms with E-state index in [4.69, 9.17) is 15.9 Å². The lowest BCUT2D eigenvalue weighted by molar-refractivity contribution is -0.123. The number of nitrogens with one attached hydrogen (secondary N) is 3. The number of benzene rings is 1. The van der Waals surface area contributed by atoms with E-state index in [0.29, 0.717) is 30.8 Å². The van der Waals surface area contributed by atoms with Crippen LogP contribution in [-0.4, -0.2) is 35.4 Å². The van der Waals surface area contributed by atoms with Crippen LogP contribution in [0.1, 0.15) is 17.5 Å². The van der Waals surface area contributed by atoms with Gasteiger partial charge >= 0.3 is 0 Å². The lowest BCUT2D eigenvalue weighted by Gasteiger charge is -2.14. The van der Waals surface area contributed by atoms with Crippen molar-refractivity contribution in [1.82, 2.24) is 15.6 Å². The second kappa shape index (κ2) is 7.76. The van der Waals surface area contributed by atoms with Crippen LogP contribution in [0, 0.1) is 5.41 Å². The Morgan fingerprint density at radius 3 is 2.92 bits per heavy atom. The number of aromatic nitrogens is 1. The van der Waals surface area contributed by atoms with Crippen molar-refractivity contribution in [1.29, 1.82) is 5.41 Å². The first-order chi connectivity index (χ1) is 12.1. The van der Waals surface area contributed by atoms with Crippen LogP contribution < -0.4 is 21.1 Å². The number of hydrogen-bond acceptors (Lipinski definition) is 5. The highest BCUT2D eigenvalue weighted by Gasteiger charge is 2.30. The molecule has 2 atom stereocenters. The molecule has 25 heavy (non-hydrogen) atoms. The van der Waals surface area contributed by atoms with Crippen LogP contribution in [0.2, 0.25) is 0 Å². The topological polar surface area (TPSA) is 113 Å². The molecule has 0 bridgehead atoms. The van der Waals surface area contributed by atoms with Gasteiger partial charge in [-0.2, -0.15) is 0 Å². The SMILES string of the molecule is N=C(N)c1cccc(OC2CNC(C(=O)NCc3ccncc3)C2)c1. The van der Waals surface area contributed by atoms with Gasteiger partial charge in [-0.1, -0.05) is 12.1 Å². The van der Waals surface area contributed by atoms with Crippen LogP contribution in [0.15, 0.2) is 48.8 Å².